The number of nitrogens with zero attached hydrogens (tertiary/aromatic N) is 1. The molecule has 1 heterocycles. The Morgan fingerprint density at radius 3 is 2.85 bits per heavy atom. The van der Waals surface area contributed by atoms with Crippen LogP contribution >= 0.6 is 0 Å². The smallest absolute Gasteiger partial charge is 0.0535 e. The Bertz CT molecular complexity index is 430. The molecular formula is C18H28N2. The minimum absolute atomic E-state index is 0.108. The largest absolute Gasteiger partial charge is 0.307 e. The third-order valence-electron chi connectivity index (χ3n) is 5.08. The third kappa shape index (κ3) is 2.91. The Balaban J connectivity index is 1.72. The molecule has 110 valence electrons. The summed E-state index contributed by atoms with van der Waals surface area (Å²) in [5.41, 5.74) is 1.54. The highest BCUT2D eigenvalue weighted by Crippen LogP contribution is 2.41. The molecule has 1 aliphatic carbocycles. The predicted octanol–water partition coefficient (Wildman–Crippen LogP) is 3.39. The minimum Gasteiger partial charge on any atom is -0.307 e. The zero-order valence-corrected chi connectivity index (χ0v) is 12.9. The Morgan fingerprint density at radius 2 is 2.10 bits per heavy atom. The van der Waals surface area contributed by atoms with Crippen molar-refractivity contribution in [1.29, 1.82) is 0 Å². The van der Waals surface area contributed by atoms with E-state index in [9.17, 15) is 0 Å². The van der Waals surface area contributed by atoms with Crippen LogP contribution < -0.4 is 5.32 Å². The molecule has 2 fully saturated rings. The van der Waals surface area contributed by atoms with Crippen LogP contribution in [0.4, 0.5) is 0 Å². The second-order valence-corrected chi connectivity index (χ2v) is 6.80. The minimum atomic E-state index is 0.108. The van der Waals surface area contributed by atoms with E-state index in [-0.39, 0.29) is 5.54 Å². The molecule has 0 radical (unpaired) electrons. The third-order valence-corrected chi connectivity index (χ3v) is 5.08. The summed E-state index contributed by atoms with van der Waals surface area (Å²) in [6.45, 7) is 8.24. The van der Waals surface area contributed by atoms with Crippen LogP contribution in [0.25, 0.3) is 0 Å². The summed E-state index contributed by atoms with van der Waals surface area (Å²) in [4.78, 5) is 2.76. The first kappa shape index (κ1) is 14.1. The van der Waals surface area contributed by atoms with Crippen molar-refractivity contribution in [3.63, 3.8) is 0 Å². The van der Waals surface area contributed by atoms with Gasteiger partial charge >= 0.3 is 0 Å². The van der Waals surface area contributed by atoms with Gasteiger partial charge in [0.2, 0.25) is 0 Å². The van der Waals surface area contributed by atoms with Gasteiger partial charge in [-0.2, -0.15) is 0 Å². The summed E-state index contributed by atoms with van der Waals surface area (Å²) < 4.78 is 0. The maximum Gasteiger partial charge on any atom is 0.0535 e. The second-order valence-electron chi connectivity index (χ2n) is 6.80. The molecule has 0 amide bonds. The molecule has 1 saturated carbocycles. The summed E-state index contributed by atoms with van der Waals surface area (Å²) >= 11 is 0. The monoisotopic (exact) mass is 272 g/mol. The first-order valence-corrected chi connectivity index (χ1v) is 8.27. The van der Waals surface area contributed by atoms with Crippen LogP contribution in [0.5, 0.6) is 0 Å². The fraction of sp³-hybridized carbons (Fsp3) is 0.667. The van der Waals surface area contributed by atoms with E-state index in [4.69, 9.17) is 0 Å². The fourth-order valence-electron chi connectivity index (χ4n) is 3.83. The van der Waals surface area contributed by atoms with Crippen molar-refractivity contribution in [3.8, 4) is 0 Å². The Hall–Kier alpha value is -0.860. The van der Waals surface area contributed by atoms with Gasteiger partial charge in [0, 0.05) is 12.6 Å². The van der Waals surface area contributed by atoms with Crippen LogP contribution in [-0.4, -0.2) is 30.6 Å². The molecule has 3 atom stereocenters. The van der Waals surface area contributed by atoms with Crippen molar-refractivity contribution in [3.05, 3.63) is 35.9 Å². The molecule has 3 unspecified atom stereocenters. The van der Waals surface area contributed by atoms with Crippen molar-refractivity contribution in [2.45, 2.75) is 51.1 Å². The second kappa shape index (κ2) is 5.87. The zero-order valence-electron chi connectivity index (χ0n) is 12.9. The average molecular weight is 272 g/mol. The van der Waals surface area contributed by atoms with Crippen LogP contribution in [0.2, 0.25) is 0 Å². The van der Waals surface area contributed by atoms with E-state index in [0.717, 1.165) is 25.0 Å². The molecule has 0 spiro atoms. The van der Waals surface area contributed by atoms with Gasteiger partial charge in [-0.15, -0.1) is 0 Å². The first-order chi connectivity index (χ1) is 9.73. The van der Waals surface area contributed by atoms with Gasteiger partial charge in [-0.3, -0.25) is 4.90 Å². The lowest BCUT2D eigenvalue weighted by Gasteiger charge is -2.34. The summed E-state index contributed by atoms with van der Waals surface area (Å²) in [7, 11) is 0. The van der Waals surface area contributed by atoms with Crippen LogP contribution in [0.1, 0.15) is 45.1 Å². The number of hydrogen-bond donors (Lipinski definition) is 1. The normalized spacial score (nSPS) is 34.7. The summed E-state index contributed by atoms with van der Waals surface area (Å²) in [5.74, 6) is 0.970. The van der Waals surface area contributed by atoms with Crippen LogP contribution in [0.15, 0.2) is 30.3 Å². The Kier molecular flexibility index (Phi) is 4.13. The summed E-state index contributed by atoms with van der Waals surface area (Å²) in [6.07, 6.45) is 5.45. The van der Waals surface area contributed by atoms with E-state index >= 15 is 0 Å². The molecule has 3 rings (SSSR count). The quantitative estimate of drug-likeness (QED) is 0.904. The number of rotatable bonds is 4. The number of nitrogens with one attached hydrogen (secondary N) is 1. The topological polar surface area (TPSA) is 15.3 Å². The molecule has 1 saturated heterocycles. The van der Waals surface area contributed by atoms with Gasteiger partial charge in [0.05, 0.1) is 5.54 Å². The molecule has 1 aromatic carbocycles. The lowest BCUT2D eigenvalue weighted by atomic mass is 9.91. The van der Waals surface area contributed by atoms with E-state index in [0.29, 0.717) is 0 Å². The lowest BCUT2D eigenvalue weighted by molar-refractivity contribution is 0.203. The maximum absolute atomic E-state index is 3.79. The summed E-state index contributed by atoms with van der Waals surface area (Å²) in [6, 6.07) is 11.8. The van der Waals surface area contributed by atoms with Gasteiger partial charge in [-0.25, -0.2) is 0 Å². The molecule has 1 N–H and O–H groups in total. The zero-order chi connectivity index (χ0) is 14.0. The van der Waals surface area contributed by atoms with Crippen molar-refractivity contribution >= 4 is 0 Å². The standard InChI is InChI=1S/C18H28N2/c1-3-8-15-13-17(15)20-12-7-11-19-18(2,14-20)16-9-5-4-6-10-16/h4-6,9-10,15,17,19H,3,7-8,11-14H2,1-2H3. The highest BCUT2D eigenvalue weighted by Gasteiger charge is 2.43. The molecule has 0 aromatic heterocycles. The van der Waals surface area contributed by atoms with Gasteiger partial charge in [0.15, 0.2) is 0 Å². The van der Waals surface area contributed by atoms with E-state index in [2.05, 4.69) is 54.4 Å². The molecule has 1 aliphatic heterocycles. The average Bonchev–Trinajstić information content (AvgIpc) is 3.24. The highest BCUT2D eigenvalue weighted by atomic mass is 15.2. The molecule has 2 heteroatoms. The van der Waals surface area contributed by atoms with Crippen LogP contribution in [0.3, 0.4) is 0 Å². The Labute approximate surface area is 123 Å². The SMILES string of the molecule is CCCC1CC1N1CCCNC(C)(c2ccccc2)C1. The highest BCUT2D eigenvalue weighted by molar-refractivity contribution is 5.25. The maximum atomic E-state index is 3.79. The molecule has 0 bridgehead atoms. The van der Waals surface area contributed by atoms with Gasteiger partial charge in [0.25, 0.3) is 0 Å². The van der Waals surface area contributed by atoms with E-state index in [1.807, 2.05) is 0 Å². The van der Waals surface area contributed by atoms with Gasteiger partial charge in [0.1, 0.15) is 0 Å². The molecular weight excluding hydrogens is 244 g/mol. The van der Waals surface area contributed by atoms with Crippen LogP contribution in [0, 0.1) is 5.92 Å². The van der Waals surface area contributed by atoms with E-state index in [1.54, 1.807) is 0 Å². The van der Waals surface area contributed by atoms with Gasteiger partial charge in [-0.05, 0) is 50.8 Å². The van der Waals surface area contributed by atoms with E-state index in [1.165, 1.54) is 37.8 Å². The lowest BCUT2D eigenvalue weighted by Crippen LogP contribution is -2.47. The van der Waals surface area contributed by atoms with Crippen molar-refractivity contribution < 1.29 is 0 Å². The number of hydrogen-bond acceptors (Lipinski definition) is 2. The summed E-state index contributed by atoms with van der Waals surface area (Å²) in [5, 5.41) is 3.79. The van der Waals surface area contributed by atoms with Gasteiger partial charge < -0.3 is 5.32 Å². The van der Waals surface area contributed by atoms with Crippen molar-refractivity contribution in [1.82, 2.24) is 10.2 Å². The van der Waals surface area contributed by atoms with Crippen molar-refractivity contribution in [2.24, 2.45) is 5.92 Å². The molecule has 2 nitrogen and oxygen atoms in total. The van der Waals surface area contributed by atoms with Crippen LogP contribution in [-0.2, 0) is 5.54 Å². The number of benzene rings is 1. The molecule has 2 aliphatic rings. The fourth-order valence-corrected chi connectivity index (χ4v) is 3.83. The van der Waals surface area contributed by atoms with Crippen molar-refractivity contribution in [2.75, 3.05) is 19.6 Å². The Morgan fingerprint density at radius 1 is 1.30 bits per heavy atom. The predicted molar refractivity (Wildman–Crippen MR) is 84.8 cm³/mol. The van der Waals surface area contributed by atoms with Gasteiger partial charge in [-0.1, -0.05) is 43.7 Å². The molecule has 20 heavy (non-hydrogen) atoms. The first-order valence-electron chi connectivity index (χ1n) is 8.27. The molecule has 1 aromatic rings. The van der Waals surface area contributed by atoms with E-state index < -0.39 is 0 Å².